The van der Waals surface area contributed by atoms with Gasteiger partial charge >= 0.3 is 0 Å². The highest BCUT2D eigenvalue weighted by molar-refractivity contribution is 14.2. The molecule has 2 aliphatic rings. The van der Waals surface area contributed by atoms with E-state index in [2.05, 4.69) is 14.6 Å². The van der Waals surface area contributed by atoms with Gasteiger partial charge in [-0.2, -0.15) is 5.10 Å². The second-order valence-electron chi connectivity index (χ2n) is 8.63. The van der Waals surface area contributed by atoms with E-state index in [0.29, 0.717) is 40.9 Å². The van der Waals surface area contributed by atoms with Crippen LogP contribution >= 0.6 is 20.7 Å². The van der Waals surface area contributed by atoms with Crippen LogP contribution in [0.1, 0.15) is 24.6 Å². The van der Waals surface area contributed by atoms with Crippen molar-refractivity contribution in [2.45, 2.75) is 39.0 Å². The molecule has 1 fully saturated rings. The fourth-order valence-electron chi connectivity index (χ4n) is 4.44. The summed E-state index contributed by atoms with van der Waals surface area (Å²) in [7, 11) is -0.960. The first-order chi connectivity index (χ1) is 16.2. The van der Waals surface area contributed by atoms with Crippen molar-refractivity contribution in [2.75, 3.05) is 23.5 Å². The summed E-state index contributed by atoms with van der Waals surface area (Å²) in [5.41, 5.74) is 8.46. The summed E-state index contributed by atoms with van der Waals surface area (Å²) in [6, 6.07) is 2.74. The molecule has 1 saturated heterocycles. The number of fused-ring (bicyclic) bond motifs is 1. The van der Waals surface area contributed by atoms with Crippen LogP contribution in [-0.4, -0.2) is 59.9 Å². The van der Waals surface area contributed by atoms with Crippen molar-refractivity contribution in [3.05, 3.63) is 44.8 Å². The van der Waals surface area contributed by atoms with E-state index < -0.39 is 43.2 Å². The third kappa shape index (κ3) is 5.07. The molecule has 3 heterocycles. The number of guanidine groups is 1. The Balaban J connectivity index is 1.53. The van der Waals surface area contributed by atoms with Crippen LogP contribution in [0.15, 0.2) is 23.3 Å². The number of halogens is 3. The van der Waals surface area contributed by atoms with Gasteiger partial charge in [-0.25, -0.2) is 13.8 Å². The fraction of sp³-hybridized carbons (Fsp3) is 0.455. The fourth-order valence-corrected chi connectivity index (χ4v) is 6.54. The molecule has 4 rings (SSSR count). The zero-order valence-corrected chi connectivity index (χ0v) is 22.0. The lowest BCUT2D eigenvalue weighted by atomic mass is 10.1. The zero-order valence-electron chi connectivity index (χ0n) is 19.0. The molecule has 12 heteroatoms. The highest BCUT2D eigenvalue weighted by Crippen LogP contribution is 2.32. The van der Waals surface area contributed by atoms with Crippen LogP contribution in [-0.2, 0) is 35.2 Å². The average Bonchev–Trinajstić information content (AvgIpc) is 3.34. The molecule has 0 bridgehead atoms. The van der Waals surface area contributed by atoms with Crippen molar-refractivity contribution >= 4 is 53.6 Å². The lowest BCUT2D eigenvalue weighted by Crippen LogP contribution is -2.48. The van der Waals surface area contributed by atoms with Gasteiger partial charge in [0.05, 0.1) is 37.2 Å². The lowest BCUT2D eigenvalue weighted by molar-refractivity contribution is -0.117. The number of amides is 1. The molecule has 0 spiro atoms. The molecule has 1 amide bonds. The van der Waals surface area contributed by atoms with Crippen molar-refractivity contribution in [1.82, 2.24) is 14.7 Å². The second-order valence-corrected chi connectivity index (χ2v) is 12.0. The Morgan fingerprint density at radius 2 is 2.15 bits per heavy atom. The molecule has 0 aliphatic carbocycles. The molecule has 2 aromatic rings. The van der Waals surface area contributed by atoms with Crippen molar-refractivity contribution in [1.29, 1.82) is 0 Å². The number of nitrogens with two attached hydrogens (primary N) is 1. The van der Waals surface area contributed by atoms with E-state index in [1.54, 1.807) is 23.4 Å². The van der Waals surface area contributed by atoms with E-state index >= 15 is 0 Å². The van der Waals surface area contributed by atoms with Crippen molar-refractivity contribution in [3.8, 4) is 0 Å². The van der Waals surface area contributed by atoms with Crippen LogP contribution in [0.5, 0.6) is 0 Å². The number of nitrogens with zero attached hydrogens (tertiary/aromatic N) is 5. The Morgan fingerprint density at radius 3 is 2.85 bits per heavy atom. The predicted molar refractivity (Wildman–Crippen MR) is 138 cm³/mol. The molecule has 8 nitrogen and oxygen atoms in total. The standard InChI is InChI=1S/C22H27F2IN6O2S/c1-13-9-31-19(18(8-28-31)30-10-15(6-20(30)32)12-34(3)33)11-29(13)22(26)27-7-14-4-16(23)21(24)17(5-14)25-2/h4-5,8,13,15H,2,6-7,9-12H2,1,3H3,(H2,26,27)/t13-,15?,34?/m0/s1. The van der Waals surface area contributed by atoms with E-state index in [1.165, 1.54) is 0 Å². The van der Waals surface area contributed by atoms with Crippen molar-refractivity contribution < 1.29 is 17.8 Å². The third-order valence-corrected chi connectivity index (χ3v) is 8.64. The smallest absolute Gasteiger partial charge is 0.227 e. The number of aliphatic imine (C=N–C) groups is 1. The van der Waals surface area contributed by atoms with E-state index in [1.807, 2.05) is 16.5 Å². The van der Waals surface area contributed by atoms with Gasteiger partial charge in [0.25, 0.3) is 0 Å². The Bertz CT molecular complexity index is 1190. The topological polar surface area (TPSA) is 96.8 Å². The molecule has 1 aromatic carbocycles. The molecule has 2 N–H and O–H groups in total. The SMILES string of the molecule is C=Ic1cc(CN=C(N)N2Cc3c(N4CC(CS(C)=O)CC4=O)cnn3C[C@@H]2C)cc(F)c1F. The van der Waals surface area contributed by atoms with Crippen LogP contribution in [0.2, 0.25) is 0 Å². The van der Waals surface area contributed by atoms with Crippen LogP contribution in [0.3, 0.4) is 0 Å². The van der Waals surface area contributed by atoms with Gasteiger partial charge in [-0.3, -0.25) is 13.7 Å². The zero-order chi connectivity index (χ0) is 24.6. The number of anilines is 1. The maximum absolute atomic E-state index is 13.9. The molecule has 0 radical (unpaired) electrons. The van der Waals surface area contributed by atoms with Crippen molar-refractivity contribution in [3.63, 3.8) is 0 Å². The number of benzene rings is 1. The minimum absolute atomic E-state index is 0.000218. The van der Waals surface area contributed by atoms with Gasteiger partial charge in [-0.05, 0) is 30.5 Å². The number of hydrogen-bond acceptors (Lipinski definition) is 4. The number of hydrogen-bond donors (Lipinski definition) is 1. The highest BCUT2D eigenvalue weighted by Gasteiger charge is 2.36. The summed E-state index contributed by atoms with van der Waals surface area (Å²) in [5, 5.41) is 4.47. The minimum atomic E-state index is -0.960. The number of carbonyl (C=O) groups is 1. The Labute approximate surface area is 209 Å². The third-order valence-electron chi connectivity index (χ3n) is 6.09. The molecule has 2 aliphatic heterocycles. The first kappa shape index (κ1) is 24.9. The summed E-state index contributed by atoms with van der Waals surface area (Å²) in [6.07, 6.45) is 3.73. The molecule has 184 valence electrons. The number of carbonyl (C=O) groups excluding carboxylic acids is 1. The molecule has 0 saturated carbocycles. The molecule has 1 aromatic heterocycles. The summed E-state index contributed by atoms with van der Waals surface area (Å²) in [4.78, 5) is 20.7. The van der Waals surface area contributed by atoms with Gasteiger partial charge in [-0.1, -0.05) is 25.2 Å². The summed E-state index contributed by atoms with van der Waals surface area (Å²) in [6.45, 7) is 3.62. The largest absolute Gasteiger partial charge is 0.370 e. The van der Waals surface area contributed by atoms with Gasteiger partial charge in [-0.15, -0.1) is 0 Å². The van der Waals surface area contributed by atoms with Gasteiger partial charge < -0.3 is 15.5 Å². The first-order valence-corrected chi connectivity index (χ1v) is 15.1. The number of aromatic nitrogens is 2. The van der Waals surface area contributed by atoms with Crippen LogP contribution in [0.4, 0.5) is 14.5 Å². The Kier molecular flexibility index (Phi) is 7.45. The molecular weight excluding hydrogens is 577 g/mol. The van der Waals surface area contributed by atoms with E-state index in [4.69, 9.17) is 5.73 Å². The predicted octanol–water partition coefficient (Wildman–Crippen LogP) is 2.18. The van der Waals surface area contributed by atoms with Gasteiger partial charge in [0.15, 0.2) is 17.6 Å². The molecule has 3 atom stereocenters. The monoisotopic (exact) mass is 604 g/mol. The molecule has 34 heavy (non-hydrogen) atoms. The summed E-state index contributed by atoms with van der Waals surface area (Å²) in [5.74, 6) is -0.895. The maximum atomic E-state index is 13.9. The maximum Gasteiger partial charge on any atom is 0.227 e. The normalized spacial score (nSPS) is 21.8. The summed E-state index contributed by atoms with van der Waals surface area (Å²) < 4.78 is 45.2. The quantitative estimate of drug-likeness (QED) is 0.236. The van der Waals surface area contributed by atoms with Crippen LogP contribution in [0, 0.1) is 21.1 Å². The Morgan fingerprint density at radius 1 is 1.38 bits per heavy atom. The van der Waals surface area contributed by atoms with E-state index in [0.717, 1.165) is 17.4 Å². The average molecular weight is 604 g/mol. The van der Waals surface area contributed by atoms with E-state index in [-0.39, 0.29) is 30.4 Å². The van der Waals surface area contributed by atoms with Crippen LogP contribution < -0.4 is 10.6 Å². The second kappa shape index (κ2) is 10.2. The van der Waals surface area contributed by atoms with Crippen molar-refractivity contribution in [2.24, 2.45) is 16.6 Å². The van der Waals surface area contributed by atoms with Crippen LogP contribution in [0.25, 0.3) is 0 Å². The first-order valence-electron chi connectivity index (χ1n) is 10.8. The van der Waals surface area contributed by atoms with E-state index in [9.17, 15) is 17.8 Å². The highest BCUT2D eigenvalue weighted by atomic mass is 127. The lowest BCUT2D eigenvalue weighted by Gasteiger charge is -2.35. The van der Waals surface area contributed by atoms with Gasteiger partial charge in [0.1, 0.15) is 0 Å². The summed E-state index contributed by atoms with van der Waals surface area (Å²) >= 11 is -0.852. The Hall–Kier alpha value is -2.22. The molecule has 2 unspecified atom stereocenters. The van der Waals surface area contributed by atoms with Gasteiger partial charge in [0.2, 0.25) is 5.91 Å². The minimum Gasteiger partial charge on any atom is -0.370 e. The number of rotatable bonds is 6. The molecular formula is C22H27F2IN6O2S. The van der Waals surface area contributed by atoms with Gasteiger partial charge in [0, 0.05) is 45.4 Å².